The van der Waals surface area contributed by atoms with Crippen molar-refractivity contribution in [2.75, 3.05) is 4.90 Å². The van der Waals surface area contributed by atoms with E-state index in [0.717, 1.165) is 10.5 Å². The standard InChI is InChI=1S/C40H29BrFNO5/c41-24-14-16-25(17-15-24)43-38(47)27-19-18-26-30(34(27)39(43)48)20-31-36(45)29(22-8-3-1-4-9-22)21-33(44)40(31,23-10-5-2-6-11-23)35(26)28-12-7-13-32(42)37(28)46/h1-18,21,27,30-31,34-35,46H,19-20H2/t27-,30+,31-,34-,35+,40-/m0/s1. The van der Waals surface area contributed by atoms with Crippen LogP contribution in [0.25, 0.3) is 5.57 Å². The lowest BCUT2D eigenvalue weighted by atomic mass is 9.44. The molecule has 6 nitrogen and oxygen atoms in total. The van der Waals surface area contributed by atoms with Gasteiger partial charge in [-0.1, -0.05) is 100 Å². The van der Waals surface area contributed by atoms with E-state index < -0.39 is 46.6 Å². The number of amides is 2. The molecular weight excluding hydrogens is 673 g/mol. The molecule has 4 aromatic rings. The topological polar surface area (TPSA) is 91.8 Å². The van der Waals surface area contributed by atoms with Crippen LogP contribution in [0.1, 0.15) is 35.4 Å². The summed E-state index contributed by atoms with van der Waals surface area (Å²) in [5, 5.41) is 11.3. The van der Waals surface area contributed by atoms with Gasteiger partial charge >= 0.3 is 0 Å². The maximum atomic E-state index is 15.2. The zero-order valence-electron chi connectivity index (χ0n) is 25.6. The third-order valence-electron chi connectivity index (χ3n) is 10.8. The summed E-state index contributed by atoms with van der Waals surface area (Å²) in [5.41, 5.74) is 1.16. The molecule has 1 aliphatic heterocycles. The van der Waals surface area contributed by atoms with Crippen LogP contribution in [-0.4, -0.2) is 28.5 Å². The number of benzene rings is 4. The number of fused-ring (bicyclic) bond motifs is 4. The van der Waals surface area contributed by atoms with Gasteiger partial charge in [0.15, 0.2) is 23.1 Å². The predicted molar refractivity (Wildman–Crippen MR) is 181 cm³/mol. The summed E-state index contributed by atoms with van der Waals surface area (Å²) in [6.45, 7) is 0. The van der Waals surface area contributed by atoms with E-state index in [1.165, 1.54) is 17.0 Å². The molecule has 0 radical (unpaired) electrons. The van der Waals surface area contributed by atoms with Crippen LogP contribution in [0.5, 0.6) is 5.75 Å². The van der Waals surface area contributed by atoms with Gasteiger partial charge in [0.1, 0.15) is 0 Å². The summed E-state index contributed by atoms with van der Waals surface area (Å²) in [6, 6.07) is 29.2. The van der Waals surface area contributed by atoms with Crippen LogP contribution >= 0.6 is 15.9 Å². The van der Waals surface area contributed by atoms with E-state index in [1.807, 2.05) is 18.2 Å². The molecule has 2 amide bonds. The lowest BCUT2D eigenvalue weighted by Crippen LogP contribution is -2.58. The van der Waals surface area contributed by atoms with E-state index in [2.05, 4.69) is 15.9 Å². The zero-order chi connectivity index (χ0) is 33.3. The number of phenolic OH excluding ortho intramolecular Hbond substituents is 1. The van der Waals surface area contributed by atoms with Gasteiger partial charge in [-0.15, -0.1) is 0 Å². The van der Waals surface area contributed by atoms with Crippen molar-refractivity contribution in [2.24, 2.45) is 23.7 Å². The number of hydrogen-bond acceptors (Lipinski definition) is 5. The van der Waals surface area contributed by atoms with Gasteiger partial charge in [-0.25, -0.2) is 4.39 Å². The number of anilines is 1. The highest BCUT2D eigenvalue weighted by Crippen LogP contribution is 2.64. The normalized spacial score (nSPS) is 28.0. The third kappa shape index (κ3) is 4.28. The van der Waals surface area contributed by atoms with Crippen LogP contribution in [0.3, 0.4) is 0 Å². The molecular formula is C40H29BrFNO5. The number of carbonyl (C=O) groups is 4. The molecule has 0 unspecified atom stereocenters. The average Bonchev–Trinajstić information content (AvgIpc) is 3.37. The Morgan fingerprint density at radius 1 is 0.792 bits per heavy atom. The number of halogens is 2. The fraction of sp³-hybridized carbons (Fsp3) is 0.200. The Kier molecular flexibility index (Phi) is 7.18. The largest absolute Gasteiger partial charge is 0.505 e. The maximum absolute atomic E-state index is 15.2. The first kappa shape index (κ1) is 30.4. The van der Waals surface area contributed by atoms with Gasteiger partial charge in [0.2, 0.25) is 11.8 Å². The highest BCUT2D eigenvalue weighted by molar-refractivity contribution is 9.10. The summed E-state index contributed by atoms with van der Waals surface area (Å²) < 4.78 is 16.0. The SMILES string of the molecule is O=C1C(c2ccccc2)=CC(=O)[C@@]2(c3ccccc3)[C@@H](c3cccc(F)c3O)C3=CC[C@@H]4C(=O)N(c5ccc(Br)cc5)C(=O)[C@@H]4[C@@H]3C[C@@H]12. The summed E-state index contributed by atoms with van der Waals surface area (Å²) in [6.07, 6.45) is 3.64. The van der Waals surface area contributed by atoms with Gasteiger partial charge in [-0.3, -0.25) is 24.1 Å². The number of phenols is 1. The van der Waals surface area contributed by atoms with E-state index in [0.29, 0.717) is 22.4 Å². The number of imide groups is 1. The molecule has 1 heterocycles. The first-order chi connectivity index (χ1) is 23.2. The molecule has 238 valence electrons. The number of Topliss-reactive ketones (excluding diaryl/α,β-unsaturated/α-hetero) is 1. The van der Waals surface area contributed by atoms with E-state index in [9.17, 15) is 24.3 Å². The average molecular weight is 703 g/mol. The predicted octanol–water partition coefficient (Wildman–Crippen LogP) is 7.32. The Morgan fingerprint density at radius 3 is 2.19 bits per heavy atom. The zero-order valence-corrected chi connectivity index (χ0v) is 27.1. The molecule has 1 saturated carbocycles. The van der Waals surface area contributed by atoms with Crippen molar-refractivity contribution < 1.29 is 28.7 Å². The number of ketones is 2. The van der Waals surface area contributed by atoms with Crippen molar-refractivity contribution in [3.63, 3.8) is 0 Å². The van der Waals surface area contributed by atoms with Crippen LogP contribution in [0.2, 0.25) is 0 Å². The lowest BCUT2D eigenvalue weighted by molar-refractivity contribution is -0.135. The fourth-order valence-electron chi connectivity index (χ4n) is 8.83. The Bertz CT molecular complexity index is 2080. The van der Waals surface area contributed by atoms with Crippen LogP contribution in [0, 0.1) is 29.5 Å². The first-order valence-electron chi connectivity index (χ1n) is 16.0. The Balaban J connectivity index is 1.37. The Hall–Kier alpha value is -4.95. The van der Waals surface area contributed by atoms with Crippen molar-refractivity contribution in [3.8, 4) is 5.75 Å². The van der Waals surface area contributed by atoms with E-state index in [4.69, 9.17) is 0 Å². The first-order valence-corrected chi connectivity index (χ1v) is 16.7. The quantitative estimate of drug-likeness (QED) is 0.178. The molecule has 4 aromatic carbocycles. The van der Waals surface area contributed by atoms with Gasteiger partial charge in [-0.2, -0.15) is 0 Å². The monoisotopic (exact) mass is 701 g/mol. The second-order valence-electron chi connectivity index (χ2n) is 13.0. The van der Waals surface area contributed by atoms with Crippen molar-refractivity contribution in [1.82, 2.24) is 0 Å². The van der Waals surface area contributed by atoms with Gasteiger partial charge in [0.05, 0.1) is 22.9 Å². The van der Waals surface area contributed by atoms with Crippen molar-refractivity contribution in [3.05, 3.63) is 148 Å². The van der Waals surface area contributed by atoms with Crippen molar-refractivity contribution in [2.45, 2.75) is 24.2 Å². The molecule has 1 N–H and O–H groups in total. The Morgan fingerprint density at radius 2 is 1.48 bits per heavy atom. The summed E-state index contributed by atoms with van der Waals surface area (Å²) >= 11 is 3.41. The van der Waals surface area contributed by atoms with Crippen LogP contribution in [0.4, 0.5) is 10.1 Å². The van der Waals surface area contributed by atoms with Gasteiger partial charge < -0.3 is 5.11 Å². The van der Waals surface area contributed by atoms with Crippen molar-refractivity contribution in [1.29, 1.82) is 0 Å². The minimum atomic E-state index is -1.55. The highest BCUT2D eigenvalue weighted by atomic mass is 79.9. The van der Waals surface area contributed by atoms with Gasteiger partial charge in [-0.05, 0) is 66.3 Å². The fourth-order valence-corrected chi connectivity index (χ4v) is 9.09. The Labute approximate surface area is 284 Å². The van der Waals surface area contributed by atoms with E-state index >= 15 is 4.39 Å². The summed E-state index contributed by atoms with van der Waals surface area (Å²) in [4.78, 5) is 59.4. The van der Waals surface area contributed by atoms with Crippen LogP contribution in [-0.2, 0) is 24.6 Å². The molecule has 1 saturated heterocycles. The second kappa shape index (κ2) is 11.3. The minimum absolute atomic E-state index is 0.121. The maximum Gasteiger partial charge on any atom is 0.238 e. The molecule has 8 rings (SSSR count). The molecule has 3 aliphatic carbocycles. The molecule has 4 aliphatic rings. The number of hydrogen-bond donors (Lipinski definition) is 1. The highest BCUT2D eigenvalue weighted by Gasteiger charge is 2.66. The summed E-state index contributed by atoms with van der Waals surface area (Å²) in [5.74, 6) is -6.82. The molecule has 48 heavy (non-hydrogen) atoms. The van der Waals surface area contributed by atoms with Crippen LogP contribution in [0.15, 0.2) is 125 Å². The number of nitrogens with zero attached hydrogens (tertiary/aromatic N) is 1. The van der Waals surface area contributed by atoms with Crippen LogP contribution < -0.4 is 4.90 Å². The van der Waals surface area contributed by atoms with Gasteiger partial charge in [0.25, 0.3) is 0 Å². The van der Waals surface area contributed by atoms with Gasteiger partial charge in [0, 0.05) is 27.4 Å². The third-order valence-corrected chi connectivity index (χ3v) is 11.3. The van der Waals surface area contributed by atoms with E-state index in [-0.39, 0.29) is 47.4 Å². The number of para-hydroxylation sites is 1. The molecule has 6 atom stereocenters. The lowest BCUT2D eigenvalue weighted by Gasteiger charge is -2.55. The summed E-state index contributed by atoms with van der Waals surface area (Å²) in [7, 11) is 0. The number of aromatic hydroxyl groups is 1. The molecule has 0 bridgehead atoms. The molecule has 2 fully saturated rings. The van der Waals surface area contributed by atoms with Crippen molar-refractivity contribution >= 4 is 50.6 Å². The number of rotatable bonds is 4. The number of allylic oxidation sites excluding steroid dienone is 4. The smallest absolute Gasteiger partial charge is 0.238 e. The minimum Gasteiger partial charge on any atom is -0.505 e. The second-order valence-corrected chi connectivity index (χ2v) is 13.9. The molecule has 8 heteroatoms. The molecule has 0 spiro atoms. The number of carbonyl (C=O) groups excluding carboxylic acids is 4. The van der Waals surface area contributed by atoms with E-state index in [1.54, 1.807) is 78.9 Å². The molecule has 0 aromatic heterocycles.